The van der Waals surface area contributed by atoms with Gasteiger partial charge in [-0.1, -0.05) is 11.8 Å². The van der Waals surface area contributed by atoms with Gasteiger partial charge in [-0.15, -0.1) is 11.3 Å². The first kappa shape index (κ1) is 20.0. The second kappa shape index (κ2) is 8.07. The first-order chi connectivity index (χ1) is 13.3. The molecule has 1 N–H and O–H groups in total. The van der Waals surface area contributed by atoms with Gasteiger partial charge >= 0.3 is 5.69 Å². The third kappa shape index (κ3) is 3.90. The van der Waals surface area contributed by atoms with Crippen molar-refractivity contribution in [2.24, 2.45) is 0 Å². The Bertz CT molecular complexity index is 1130. The minimum absolute atomic E-state index is 0.111. The number of carbonyl (C=O) groups excluding carboxylic acids is 1. The largest absolute Gasteiger partial charge is 0.325 e. The number of nitrogens with one attached hydrogen (secondary N) is 1. The van der Waals surface area contributed by atoms with Crippen LogP contribution >= 0.6 is 23.1 Å². The molecule has 0 aliphatic heterocycles. The SMILES string of the molecule is CCn1c(SC(C)C(=O)Nc2ccc(F)c([N+](=O)[O-])c2)nc2ccsc2c1=O. The summed E-state index contributed by atoms with van der Waals surface area (Å²) < 4.78 is 15.5. The molecule has 1 amide bonds. The van der Waals surface area contributed by atoms with E-state index in [4.69, 9.17) is 0 Å². The predicted molar refractivity (Wildman–Crippen MR) is 107 cm³/mol. The van der Waals surface area contributed by atoms with Crippen LogP contribution in [0.15, 0.2) is 39.6 Å². The maximum absolute atomic E-state index is 13.4. The van der Waals surface area contributed by atoms with E-state index in [9.17, 15) is 24.1 Å². The summed E-state index contributed by atoms with van der Waals surface area (Å²) in [6, 6.07) is 4.87. The van der Waals surface area contributed by atoms with Crippen LogP contribution in [0.25, 0.3) is 10.2 Å². The average Bonchev–Trinajstić information content (AvgIpc) is 3.12. The zero-order valence-electron chi connectivity index (χ0n) is 14.8. The first-order valence-electron chi connectivity index (χ1n) is 8.21. The number of amides is 1. The van der Waals surface area contributed by atoms with Crippen LogP contribution in [-0.2, 0) is 11.3 Å². The molecule has 0 bridgehead atoms. The number of hydrogen-bond acceptors (Lipinski definition) is 7. The van der Waals surface area contributed by atoms with Gasteiger partial charge in [0.25, 0.3) is 5.56 Å². The molecule has 1 aromatic carbocycles. The maximum Gasteiger partial charge on any atom is 0.306 e. The molecule has 3 aromatic rings. The van der Waals surface area contributed by atoms with E-state index in [0.29, 0.717) is 21.9 Å². The maximum atomic E-state index is 13.4. The predicted octanol–water partition coefficient (Wildman–Crippen LogP) is 3.64. The van der Waals surface area contributed by atoms with Gasteiger partial charge in [0.1, 0.15) is 4.70 Å². The molecule has 0 aliphatic rings. The van der Waals surface area contributed by atoms with Gasteiger partial charge in [-0.2, -0.15) is 4.39 Å². The van der Waals surface area contributed by atoms with Gasteiger partial charge in [0.05, 0.1) is 15.7 Å². The molecular weight excluding hydrogens is 407 g/mol. The number of aromatic nitrogens is 2. The Balaban J connectivity index is 1.82. The fourth-order valence-electron chi connectivity index (χ4n) is 2.48. The van der Waals surface area contributed by atoms with Crippen molar-refractivity contribution in [2.75, 3.05) is 5.32 Å². The molecule has 146 valence electrons. The molecule has 1 atom stereocenters. The number of fused-ring (bicyclic) bond motifs is 1. The lowest BCUT2D eigenvalue weighted by Gasteiger charge is -2.14. The van der Waals surface area contributed by atoms with Crippen molar-refractivity contribution >= 4 is 50.6 Å². The smallest absolute Gasteiger partial charge is 0.306 e. The number of nitrogens with zero attached hydrogens (tertiary/aromatic N) is 3. The zero-order chi connectivity index (χ0) is 20.4. The number of halogens is 1. The molecule has 2 aromatic heterocycles. The lowest BCUT2D eigenvalue weighted by molar-refractivity contribution is -0.387. The molecule has 0 saturated carbocycles. The quantitative estimate of drug-likeness (QED) is 0.281. The molecule has 11 heteroatoms. The van der Waals surface area contributed by atoms with E-state index in [1.807, 2.05) is 6.92 Å². The Morgan fingerprint density at radius 2 is 2.21 bits per heavy atom. The van der Waals surface area contributed by atoms with Crippen molar-refractivity contribution < 1.29 is 14.1 Å². The van der Waals surface area contributed by atoms with Crippen LogP contribution in [0.2, 0.25) is 0 Å². The summed E-state index contributed by atoms with van der Waals surface area (Å²) in [6.07, 6.45) is 0. The third-order valence-corrected chi connectivity index (χ3v) is 5.89. The third-order valence-electron chi connectivity index (χ3n) is 3.91. The van der Waals surface area contributed by atoms with Crippen molar-refractivity contribution in [1.29, 1.82) is 0 Å². The molecule has 3 rings (SSSR count). The molecule has 0 radical (unpaired) electrons. The van der Waals surface area contributed by atoms with Gasteiger partial charge < -0.3 is 5.32 Å². The lowest BCUT2D eigenvalue weighted by atomic mass is 10.2. The molecule has 2 heterocycles. The Hall–Kier alpha value is -2.79. The fraction of sp³-hybridized carbons (Fsp3) is 0.235. The van der Waals surface area contributed by atoms with E-state index in [1.54, 1.807) is 18.4 Å². The van der Waals surface area contributed by atoms with Crippen molar-refractivity contribution in [3.63, 3.8) is 0 Å². The topological polar surface area (TPSA) is 107 Å². The number of nitro groups is 1. The number of nitro benzene ring substituents is 1. The van der Waals surface area contributed by atoms with Crippen LogP contribution in [0.4, 0.5) is 15.8 Å². The van der Waals surface area contributed by atoms with Crippen LogP contribution in [0, 0.1) is 15.9 Å². The van der Waals surface area contributed by atoms with Crippen LogP contribution < -0.4 is 10.9 Å². The van der Waals surface area contributed by atoms with Crippen LogP contribution in [0.5, 0.6) is 0 Å². The van der Waals surface area contributed by atoms with Crippen LogP contribution in [0.1, 0.15) is 13.8 Å². The summed E-state index contributed by atoms with van der Waals surface area (Å²) in [7, 11) is 0. The van der Waals surface area contributed by atoms with E-state index in [0.717, 1.165) is 23.9 Å². The first-order valence-corrected chi connectivity index (χ1v) is 9.97. The average molecular weight is 422 g/mol. The molecule has 8 nitrogen and oxygen atoms in total. The van der Waals surface area contributed by atoms with E-state index < -0.39 is 27.6 Å². The van der Waals surface area contributed by atoms with Gasteiger partial charge in [0.2, 0.25) is 11.7 Å². The Labute approximate surface area is 166 Å². The number of rotatable bonds is 6. The van der Waals surface area contributed by atoms with Gasteiger partial charge in [-0.25, -0.2) is 4.98 Å². The van der Waals surface area contributed by atoms with Gasteiger partial charge in [0, 0.05) is 18.3 Å². The van der Waals surface area contributed by atoms with Crippen LogP contribution in [-0.4, -0.2) is 25.6 Å². The summed E-state index contributed by atoms with van der Waals surface area (Å²) in [5.74, 6) is -1.43. The van der Waals surface area contributed by atoms with Crippen molar-refractivity contribution in [2.45, 2.75) is 30.8 Å². The van der Waals surface area contributed by atoms with Crippen molar-refractivity contribution in [1.82, 2.24) is 9.55 Å². The fourth-order valence-corrected chi connectivity index (χ4v) is 4.23. The number of thioether (sulfide) groups is 1. The highest BCUT2D eigenvalue weighted by Crippen LogP contribution is 2.26. The van der Waals surface area contributed by atoms with Gasteiger partial charge in [-0.05, 0) is 37.4 Å². The number of thiophene rings is 1. The Kier molecular flexibility index (Phi) is 5.75. The standard InChI is InChI=1S/C17H15FN4O4S2/c1-3-21-16(24)14-12(6-7-27-14)20-17(21)28-9(2)15(23)19-10-4-5-11(18)13(8-10)22(25)26/h4-9H,3H2,1-2H3,(H,19,23). The molecule has 28 heavy (non-hydrogen) atoms. The molecule has 0 aliphatic carbocycles. The van der Waals surface area contributed by atoms with Crippen molar-refractivity contribution in [3.05, 3.63) is 55.9 Å². The normalized spacial score (nSPS) is 12.1. The highest BCUT2D eigenvalue weighted by Gasteiger charge is 2.21. The second-order valence-electron chi connectivity index (χ2n) is 5.75. The van der Waals surface area contributed by atoms with Crippen LogP contribution in [0.3, 0.4) is 0 Å². The minimum atomic E-state index is -0.981. The zero-order valence-corrected chi connectivity index (χ0v) is 16.5. The van der Waals surface area contributed by atoms with Gasteiger partial charge in [-0.3, -0.25) is 24.3 Å². The lowest BCUT2D eigenvalue weighted by Crippen LogP contribution is -2.26. The highest BCUT2D eigenvalue weighted by atomic mass is 32.2. The Morgan fingerprint density at radius 1 is 1.46 bits per heavy atom. The highest BCUT2D eigenvalue weighted by molar-refractivity contribution is 8.00. The van der Waals surface area contributed by atoms with Gasteiger partial charge in [0.15, 0.2) is 5.16 Å². The number of benzene rings is 1. The molecular formula is C17H15FN4O4S2. The van der Waals surface area contributed by atoms with Crippen molar-refractivity contribution in [3.8, 4) is 0 Å². The molecule has 0 spiro atoms. The monoisotopic (exact) mass is 422 g/mol. The molecule has 0 fully saturated rings. The number of hydrogen-bond donors (Lipinski definition) is 1. The van der Waals surface area contributed by atoms with E-state index in [1.165, 1.54) is 22.0 Å². The summed E-state index contributed by atoms with van der Waals surface area (Å²) in [5, 5.41) is 14.9. The van der Waals surface area contributed by atoms with E-state index in [-0.39, 0.29) is 11.2 Å². The number of carbonyl (C=O) groups is 1. The summed E-state index contributed by atoms with van der Waals surface area (Å²) in [4.78, 5) is 39.4. The second-order valence-corrected chi connectivity index (χ2v) is 7.98. The summed E-state index contributed by atoms with van der Waals surface area (Å²) in [6.45, 7) is 3.84. The molecule has 1 unspecified atom stereocenters. The Morgan fingerprint density at radius 3 is 2.89 bits per heavy atom. The van der Waals surface area contributed by atoms with E-state index >= 15 is 0 Å². The van der Waals surface area contributed by atoms with E-state index in [2.05, 4.69) is 10.3 Å². The molecule has 0 saturated heterocycles. The number of anilines is 1. The summed E-state index contributed by atoms with van der Waals surface area (Å²) >= 11 is 2.42. The summed E-state index contributed by atoms with van der Waals surface area (Å²) in [5.41, 5.74) is -0.196. The minimum Gasteiger partial charge on any atom is -0.325 e.